The second kappa shape index (κ2) is 7.47. The number of fused-ring (bicyclic) bond motifs is 2. The summed E-state index contributed by atoms with van der Waals surface area (Å²) in [6.45, 7) is 7.90. The largest absolute Gasteiger partial charge is 0.493 e. The molecule has 0 unspecified atom stereocenters. The van der Waals surface area contributed by atoms with E-state index < -0.39 is 0 Å². The maximum atomic E-state index is 12.7. The molecule has 0 atom stereocenters. The number of halogens is 2. The first-order valence-corrected chi connectivity index (χ1v) is 9.33. The van der Waals surface area contributed by atoms with Crippen molar-refractivity contribution in [2.75, 3.05) is 13.2 Å². The molecule has 0 radical (unpaired) electrons. The van der Waals surface area contributed by atoms with Gasteiger partial charge in [0.1, 0.15) is 5.75 Å². The van der Waals surface area contributed by atoms with E-state index in [1.54, 1.807) is 18.2 Å². The number of hydrogen-bond acceptors (Lipinski definition) is 3. The minimum Gasteiger partial charge on any atom is -0.493 e. The Labute approximate surface area is 162 Å². The predicted octanol–water partition coefficient (Wildman–Crippen LogP) is 5.15. The number of benzene rings is 2. The van der Waals surface area contributed by atoms with Crippen LogP contribution in [0.4, 0.5) is 0 Å². The lowest BCUT2D eigenvalue weighted by molar-refractivity contribution is 0.298. The Balaban J connectivity index is 1.81. The van der Waals surface area contributed by atoms with Crippen molar-refractivity contribution in [3.05, 3.63) is 50.6 Å². The molecule has 26 heavy (non-hydrogen) atoms. The van der Waals surface area contributed by atoms with E-state index in [0.717, 1.165) is 18.7 Å². The molecule has 6 heteroatoms. The van der Waals surface area contributed by atoms with Crippen molar-refractivity contribution >= 4 is 45.0 Å². The highest BCUT2D eigenvalue weighted by Crippen LogP contribution is 2.27. The van der Waals surface area contributed by atoms with Crippen LogP contribution in [0.25, 0.3) is 21.8 Å². The van der Waals surface area contributed by atoms with Gasteiger partial charge in [0.05, 0.1) is 27.7 Å². The minimum absolute atomic E-state index is 0.0757. The van der Waals surface area contributed by atoms with Gasteiger partial charge >= 0.3 is 0 Å². The van der Waals surface area contributed by atoms with E-state index in [0.29, 0.717) is 38.5 Å². The highest BCUT2D eigenvalue weighted by molar-refractivity contribution is 6.42. The second-order valence-electron chi connectivity index (χ2n) is 7.35. The van der Waals surface area contributed by atoms with Crippen molar-refractivity contribution in [1.82, 2.24) is 10.3 Å². The SMILES string of the molecule is CC(C)(C)NCCCOc1ccc2c(=O)c3cc(Cl)c(Cl)cc3[nH]c2c1. The van der Waals surface area contributed by atoms with Crippen LogP contribution in [0, 0.1) is 0 Å². The Morgan fingerprint density at radius 2 is 1.73 bits per heavy atom. The molecule has 1 aromatic heterocycles. The number of nitrogens with one attached hydrogen (secondary N) is 2. The lowest BCUT2D eigenvalue weighted by Gasteiger charge is -2.20. The van der Waals surface area contributed by atoms with Gasteiger partial charge in [0.15, 0.2) is 5.43 Å². The molecule has 0 aliphatic carbocycles. The van der Waals surface area contributed by atoms with Crippen LogP contribution in [0.5, 0.6) is 5.75 Å². The molecule has 0 spiro atoms. The van der Waals surface area contributed by atoms with Gasteiger partial charge in [0.2, 0.25) is 0 Å². The lowest BCUT2D eigenvalue weighted by atomic mass is 10.1. The van der Waals surface area contributed by atoms with Gasteiger partial charge in [-0.2, -0.15) is 0 Å². The fourth-order valence-electron chi connectivity index (χ4n) is 2.77. The van der Waals surface area contributed by atoms with Crippen molar-refractivity contribution in [2.45, 2.75) is 32.7 Å². The predicted molar refractivity (Wildman–Crippen MR) is 110 cm³/mol. The summed E-state index contributed by atoms with van der Waals surface area (Å²) in [4.78, 5) is 15.9. The maximum Gasteiger partial charge on any atom is 0.197 e. The van der Waals surface area contributed by atoms with E-state index in [-0.39, 0.29) is 11.0 Å². The topological polar surface area (TPSA) is 54.1 Å². The number of pyridine rings is 1. The van der Waals surface area contributed by atoms with Crippen LogP contribution in [-0.2, 0) is 0 Å². The van der Waals surface area contributed by atoms with Crippen LogP contribution in [0.15, 0.2) is 35.1 Å². The van der Waals surface area contributed by atoms with Gasteiger partial charge < -0.3 is 15.0 Å². The van der Waals surface area contributed by atoms with Crippen molar-refractivity contribution in [3.8, 4) is 5.75 Å². The van der Waals surface area contributed by atoms with E-state index in [4.69, 9.17) is 27.9 Å². The zero-order chi connectivity index (χ0) is 18.9. The molecule has 3 aromatic rings. The van der Waals surface area contributed by atoms with Crippen LogP contribution < -0.4 is 15.5 Å². The van der Waals surface area contributed by atoms with Gasteiger partial charge in [0, 0.05) is 22.4 Å². The first kappa shape index (κ1) is 19.0. The zero-order valence-electron chi connectivity index (χ0n) is 15.1. The first-order valence-electron chi connectivity index (χ1n) is 8.57. The van der Waals surface area contributed by atoms with Gasteiger partial charge in [-0.3, -0.25) is 4.79 Å². The van der Waals surface area contributed by atoms with E-state index in [2.05, 4.69) is 31.1 Å². The molecular formula is C20H22Cl2N2O2. The molecule has 0 fully saturated rings. The summed E-state index contributed by atoms with van der Waals surface area (Å²) in [5.74, 6) is 0.725. The average molecular weight is 393 g/mol. The molecule has 138 valence electrons. The summed E-state index contributed by atoms with van der Waals surface area (Å²) >= 11 is 12.1. The second-order valence-corrected chi connectivity index (χ2v) is 8.17. The number of rotatable bonds is 5. The Kier molecular flexibility index (Phi) is 5.47. The number of hydrogen-bond donors (Lipinski definition) is 2. The van der Waals surface area contributed by atoms with Gasteiger partial charge in [-0.1, -0.05) is 23.2 Å². The third-order valence-electron chi connectivity index (χ3n) is 4.06. The smallest absolute Gasteiger partial charge is 0.197 e. The number of aromatic nitrogens is 1. The molecule has 0 amide bonds. The van der Waals surface area contributed by atoms with Gasteiger partial charge in [-0.05, 0) is 58.0 Å². The van der Waals surface area contributed by atoms with Crippen molar-refractivity contribution in [2.24, 2.45) is 0 Å². The summed E-state index contributed by atoms with van der Waals surface area (Å²) in [5, 5.41) is 5.32. The minimum atomic E-state index is -0.0757. The van der Waals surface area contributed by atoms with E-state index in [9.17, 15) is 4.79 Å². The molecule has 4 nitrogen and oxygen atoms in total. The van der Waals surface area contributed by atoms with Crippen LogP contribution >= 0.6 is 23.2 Å². The molecule has 2 aromatic carbocycles. The Morgan fingerprint density at radius 1 is 1.04 bits per heavy atom. The third kappa shape index (κ3) is 4.32. The standard InChI is InChI=1S/C20H22Cl2N2O2/c1-20(2,3)23-7-4-8-26-12-5-6-13-17(9-12)24-18-11-16(22)15(21)10-14(18)19(13)25/h5-6,9-11,23H,4,7-8H2,1-3H3,(H,24,25). The van der Waals surface area contributed by atoms with Crippen LogP contribution in [0.2, 0.25) is 10.0 Å². The summed E-state index contributed by atoms with van der Waals surface area (Å²) in [7, 11) is 0. The summed E-state index contributed by atoms with van der Waals surface area (Å²) in [6, 6.07) is 8.71. The molecule has 2 N–H and O–H groups in total. The molecule has 0 bridgehead atoms. The van der Waals surface area contributed by atoms with Gasteiger partial charge in [-0.25, -0.2) is 0 Å². The maximum absolute atomic E-state index is 12.7. The lowest BCUT2D eigenvalue weighted by Crippen LogP contribution is -2.36. The van der Waals surface area contributed by atoms with E-state index in [1.165, 1.54) is 0 Å². The van der Waals surface area contributed by atoms with Crippen LogP contribution in [0.1, 0.15) is 27.2 Å². The van der Waals surface area contributed by atoms with E-state index in [1.807, 2.05) is 12.1 Å². The molecule has 0 aliphatic heterocycles. The van der Waals surface area contributed by atoms with Gasteiger partial charge in [-0.15, -0.1) is 0 Å². The molecule has 0 saturated carbocycles. The molecular weight excluding hydrogens is 371 g/mol. The Bertz CT molecular complexity index is 1010. The number of ether oxygens (including phenoxy) is 1. The average Bonchev–Trinajstić information content (AvgIpc) is 2.55. The number of H-pyrrole nitrogens is 1. The zero-order valence-corrected chi connectivity index (χ0v) is 16.6. The fourth-order valence-corrected chi connectivity index (χ4v) is 3.10. The summed E-state index contributed by atoms with van der Waals surface area (Å²) in [5.41, 5.74) is 1.40. The molecule has 3 rings (SSSR count). The van der Waals surface area contributed by atoms with Crippen molar-refractivity contribution in [3.63, 3.8) is 0 Å². The van der Waals surface area contributed by atoms with Crippen LogP contribution in [-0.4, -0.2) is 23.7 Å². The van der Waals surface area contributed by atoms with Crippen LogP contribution in [0.3, 0.4) is 0 Å². The van der Waals surface area contributed by atoms with E-state index >= 15 is 0 Å². The normalized spacial score (nSPS) is 12.0. The Hall–Kier alpha value is -1.75. The fraction of sp³-hybridized carbons (Fsp3) is 0.350. The highest BCUT2D eigenvalue weighted by atomic mass is 35.5. The summed E-state index contributed by atoms with van der Waals surface area (Å²) in [6.07, 6.45) is 0.900. The number of aromatic amines is 1. The van der Waals surface area contributed by atoms with Gasteiger partial charge in [0.25, 0.3) is 0 Å². The highest BCUT2D eigenvalue weighted by Gasteiger charge is 2.10. The molecule has 0 aliphatic rings. The van der Waals surface area contributed by atoms with Crippen molar-refractivity contribution < 1.29 is 4.74 Å². The Morgan fingerprint density at radius 3 is 2.46 bits per heavy atom. The summed E-state index contributed by atoms with van der Waals surface area (Å²) < 4.78 is 5.81. The first-order chi connectivity index (χ1) is 12.2. The molecule has 1 heterocycles. The monoisotopic (exact) mass is 392 g/mol. The van der Waals surface area contributed by atoms with Crippen molar-refractivity contribution in [1.29, 1.82) is 0 Å². The third-order valence-corrected chi connectivity index (χ3v) is 4.78. The quantitative estimate of drug-likeness (QED) is 0.466. The molecule has 0 saturated heterocycles.